The molecule has 2 heterocycles. The number of aliphatic hydroxyl groups excluding tert-OH is 1. The van der Waals surface area contributed by atoms with Gasteiger partial charge in [0.05, 0.1) is 19.2 Å². The highest BCUT2D eigenvalue weighted by molar-refractivity contribution is 5.77. The number of hydrogen-bond acceptors (Lipinski definition) is 5. The molecule has 0 aliphatic heterocycles. The molecule has 7 nitrogen and oxygen atoms in total. The first-order valence-corrected chi connectivity index (χ1v) is 11.7. The molecule has 1 amide bonds. The fourth-order valence-electron chi connectivity index (χ4n) is 4.00. The van der Waals surface area contributed by atoms with E-state index >= 15 is 0 Å². The topological polar surface area (TPSA) is 89.3 Å². The lowest BCUT2D eigenvalue weighted by atomic mass is 10.1. The summed E-state index contributed by atoms with van der Waals surface area (Å²) in [5.74, 6) is 0.576. The van der Waals surface area contributed by atoms with Crippen LogP contribution in [0.1, 0.15) is 30.3 Å². The second kappa shape index (κ2) is 11.3. The third-order valence-electron chi connectivity index (χ3n) is 5.63. The van der Waals surface area contributed by atoms with Crippen LogP contribution in [-0.4, -0.2) is 44.3 Å². The highest BCUT2D eigenvalue weighted by Gasteiger charge is 2.23. The molecule has 2 N–H and O–H groups in total. The highest BCUT2D eigenvalue weighted by Crippen LogP contribution is 2.23. The van der Waals surface area contributed by atoms with Crippen LogP contribution in [0.15, 0.2) is 72.9 Å². The summed E-state index contributed by atoms with van der Waals surface area (Å²) in [7, 11) is 0. The molecule has 0 saturated heterocycles. The lowest BCUT2D eigenvalue weighted by Crippen LogP contribution is -2.39. The molecule has 4 aromatic rings. The number of carbonyl (C=O) groups excluding carboxylic acids is 1. The predicted molar refractivity (Wildman–Crippen MR) is 132 cm³/mol. The van der Waals surface area contributed by atoms with Gasteiger partial charge in [0.15, 0.2) is 5.65 Å². The van der Waals surface area contributed by atoms with Crippen LogP contribution in [0.4, 0.5) is 8.78 Å². The molecule has 0 radical (unpaired) electrons. The Hall–Kier alpha value is -3.85. The number of pyridine rings is 1. The van der Waals surface area contributed by atoms with Gasteiger partial charge in [0.2, 0.25) is 5.91 Å². The van der Waals surface area contributed by atoms with Crippen LogP contribution in [0.25, 0.3) is 11.2 Å². The molecule has 9 heteroatoms. The summed E-state index contributed by atoms with van der Waals surface area (Å²) in [5, 5.41) is 12.6. The minimum atomic E-state index is -3.25. The van der Waals surface area contributed by atoms with Crippen molar-refractivity contribution in [3.8, 4) is 5.75 Å². The van der Waals surface area contributed by atoms with E-state index in [1.54, 1.807) is 24.4 Å². The van der Waals surface area contributed by atoms with Crippen LogP contribution in [0.2, 0.25) is 0 Å². The second-order valence-corrected chi connectivity index (χ2v) is 8.65. The molecule has 0 aliphatic carbocycles. The Morgan fingerprint density at radius 3 is 2.53 bits per heavy atom. The summed E-state index contributed by atoms with van der Waals surface area (Å²) in [6.07, 6.45) is -0.486. The smallest absolute Gasteiger partial charge is 0.394 e. The van der Waals surface area contributed by atoms with Gasteiger partial charge in [0.1, 0.15) is 17.1 Å². The number of aryl methyl sites for hydroxylation is 1. The van der Waals surface area contributed by atoms with Gasteiger partial charge in [-0.1, -0.05) is 42.5 Å². The predicted octanol–water partition coefficient (Wildman–Crippen LogP) is 4.12. The summed E-state index contributed by atoms with van der Waals surface area (Å²) in [6, 6.07) is 19.3. The van der Waals surface area contributed by atoms with E-state index < -0.39 is 6.11 Å². The number of ether oxygens (including phenoxy) is 1. The largest absolute Gasteiger partial charge is 0.433 e. The van der Waals surface area contributed by atoms with Crippen molar-refractivity contribution in [3.63, 3.8) is 0 Å². The normalized spacial score (nSPS) is 12.4. The Morgan fingerprint density at radius 1 is 1.08 bits per heavy atom. The first kappa shape index (κ1) is 25.2. The van der Waals surface area contributed by atoms with Crippen LogP contribution in [0, 0.1) is 0 Å². The lowest BCUT2D eigenvalue weighted by Gasteiger charge is -2.16. The second-order valence-electron chi connectivity index (χ2n) is 8.65. The number of nitrogens with zero attached hydrogens (tertiary/aromatic N) is 3. The van der Waals surface area contributed by atoms with Gasteiger partial charge in [-0.25, -0.2) is 9.97 Å². The first-order chi connectivity index (χ1) is 17.3. The number of alkyl halides is 2. The van der Waals surface area contributed by atoms with Gasteiger partial charge in [-0.2, -0.15) is 8.78 Å². The number of aromatic nitrogens is 3. The number of fused-ring (bicyclic) bond motifs is 1. The summed E-state index contributed by atoms with van der Waals surface area (Å²) >= 11 is 0. The molecule has 4 rings (SSSR count). The van der Waals surface area contributed by atoms with E-state index in [1.165, 1.54) is 12.1 Å². The quantitative estimate of drug-likeness (QED) is 0.327. The maximum atomic E-state index is 13.1. The average Bonchev–Trinajstić information content (AvgIpc) is 3.20. The van der Waals surface area contributed by atoms with Crippen molar-refractivity contribution in [1.29, 1.82) is 0 Å². The Labute approximate surface area is 207 Å². The van der Waals surface area contributed by atoms with Gasteiger partial charge in [-0.15, -0.1) is 0 Å². The standard InChI is InChI=1S/C27H28F2N4O3/c1-27(28,29)36-22-11-9-20(10-12-22)17-33-24(32-23-8-5-15-30-26(23)33)13-14-25(35)31-21(18-34)16-19-6-3-2-4-7-19/h2-12,15,21,34H,13-14,16-18H2,1H3,(H,31,35)/t21-/m1/s1. The lowest BCUT2D eigenvalue weighted by molar-refractivity contribution is -0.158. The fraction of sp³-hybridized carbons (Fsp3) is 0.296. The molecule has 0 unspecified atom stereocenters. The van der Waals surface area contributed by atoms with E-state index in [1.807, 2.05) is 41.0 Å². The summed E-state index contributed by atoms with van der Waals surface area (Å²) in [4.78, 5) is 21.8. The van der Waals surface area contributed by atoms with E-state index in [9.17, 15) is 18.7 Å². The van der Waals surface area contributed by atoms with Crippen LogP contribution in [-0.2, 0) is 24.2 Å². The number of hydrogen-bond donors (Lipinski definition) is 2. The number of amides is 1. The zero-order chi connectivity index (χ0) is 25.5. The first-order valence-electron chi connectivity index (χ1n) is 11.7. The average molecular weight is 495 g/mol. The number of halogens is 2. The SMILES string of the molecule is CC(F)(F)Oc1ccc(Cn2c(CCC(=O)N[C@@H](CO)Cc3ccccc3)nc3cccnc32)cc1. The Balaban J connectivity index is 1.44. The molecule has 0 aliphatic rings. The van der Waals surface area contributed by atoms with Gasteiger partial charge in [0.25, 0.3) is 0 Å². The van der Waals surface area contributed by atoms with Crippen molar-refractivity contribution in [3.05, 3.63) is 89.9 Å². The Bertz CT molecular complexity index is 1290. The molecule has 0 fully saturated rings. The van der Waals surface area contributed by atoms with Crippen molar-refractivity contribution in [2.75, 3.05) is 6.61 Å². The van der Waals surface area contributed by atoms with Crippen LogP contribution in [0.3, 0.4) is 0 Å². The minimum absolute atomic E-state index is 0.0747. The van der Waals surface area contributed by atoms with E-state index in [0.717, 1.165) is 11.1 Å². The zero-order valence-corrected chi connectivity index (χ0v) is 19.9. The van der Waals surface area contributed by atoms with Gasteiger partial charge in [-0.3, -0.25) is 4.79 Å². The molecule has 36 heavy (non-hydrogen) atoms. The summed E-state index contributed by atoms with van der Waals surface area (Å²) < 4.78 is 32.7. The number of aliphatic hydroxyl groups is 1. The van der Waals surface area contributed by atoms with Gasteiger partial charge in [0, 0.05) is 26.0 Å². The minimum Gasteiger partial charge on any atom is -0.433 e. The monoisotopic (exact) mass is 494 g/mol. The molecular weight excluding hydrogens is 466 g/mol. The third-order valence-corrected chi connectivity index (χ3v) is 5.63. The van der Waals surface area contributed by atoms with E-state index in [-0.39, 0.29) is 30.7 Å². The van der Waals surface area contributed by atoms with Crippen molar-refractivity contribution in [1.82, 2.24) is 19.9 Å². The number of benzene rings is 2. The van der Waals surface area contributed by atoms with Crippen molar-refractivity contribution in [2.45, 2.75) is 44.9 Å². The molecular formula is C27H28F2N4O3. The van der Waals surface area contributed by atoms with E-state index in [0.29, 0.717) is 43.3 Å². The maximum Gasteiger partial charge on any atom is 0.394 e. The molecule has 0 saturated carbocycles. The van der Waals surface area contributed by atoms with Gasteiger partial charge < -0.3 is 19.7 Å². The van der Waals surface area contributed by atoms with Crippen molar-refractivity contribution >= 4 is 17.1 Å². The van der Waals surface area contributed by atoms with E-state index in [4.69, 9.17) is 0 Å². The number of nitrogens with one attached hydrogen (secondary N) is 1. The number of imidazole rings is 1. The van der Waals surface area contributed by atoms with Gasteiger partial charge >= 0.3 is 6.11 Å². The molecule has 0 spiro atoms. The van der Waals surface area contributed by atoms with Crippen molar-refractivity contribution in [2.24, 2.45) is 0 Å². The van der Waals surface area contributed by atoms with Crippen LogP contribution < -0.4 is 10.1 Å². The summed E-state index contributed by atoms with van der Waals surface area (Å²) in [5.41, 5.74) is 3.26. The van der Waals surface area contributed by atoms with Crippen molar-refractivity contribution < 1.29 is 23.4 Å². The third kappa shape index (κ3) is 6.85. The summed E-state index contributed by atoms with van der Waals surface area (Å²) in [6.45, 7) is 0.935. The maximum absolute atomic E-state index is 13.1. The zero-order valence-electron chi connectivity index (χ0n) is 19.9. The molecule has 188 valence electrons. The molecule has 2 aromatic carbocycles. The molecule has 0 bridgehead atoms. The Morgan fingerprint density at radius 2 is 1.83 bits per heavy atom. The van der Waals surface area contributed by atoms with Crippen LogP contribution >= 0.6 is 0 Å². The molecule has 2 aromatic heterocycles. The number of rotatable bonds is 11. The van der Waals surface area contributed by atoms with E-state index in [2.05, 4.69) is 20.0 Å². The highest BCUT2D eigenvalue weighted by atomic mass is 19.3. The molecule has 1 atom stereocenters. The fourth-order valence-corrected chi connectivity index (χ4v) is 4.00. The number of carbonyl (C=O) groups is 1. The van der Waals surface area contributed by atoms with Crippen LogP contribution in [0.5, 0.6) is 5.75 Å². The van der Waals surface area contributed by atoms with Gasteiger partial charge in [-0.05, 0) is 41.8 Å². The Kier molecular flexibility index (Phi) is 7.90.